The number of aliphatic hydroxyl groups is 1. The average Bonchev–Trinajstić information content (AvgIpc) is 3.00. The summed E-state index contributed by atoms with van der Waals surface area (Å²) in [6.45, 7) is 8.59. The van der Waals surface area contributed by atoms with Crippen molar-refractivity contribution < 1.29 is 27.8 Å². The third kappa shape index (κ3) is 12.7. The maximum atomic E-state index is 14.1. The highest BCUT2D eigenvalue weighted by Crippen LogP contribution is 2.17. The third-order valence-electron chi connectivity index (χ3n) is 7.45. The molecule has 1 aromatic heterocycles. The van der Waals surface area contributed by atoms with E-state index in [1.165, 1.54) is 36.4 Å². The molecule has 0 radical (unpaired) electrons. The second kappa shape index (κ2) is 17.8. The van der Waals surface area contributed by atoms with Gasteiger partial charge in [-0.3, -0.25) is 14.8 Å². The monoisotopic (exact) mass is 662 g/mol. The zero-order chi connectivity index (χ0) is 34.5. The van der Waals surface area contributed by atoms with Crippen molar-refractivity contribution in [2.24, 2.45) is 0 Å². The molecule has 0 unspecified atom stereocenters. The second-order valence-corrected chi connectivity index (χ2v) is 12.9. The van der Waals surface area contributed by atoms with Crippen molar-refractivity contribution in [2.75, 3.05) is 26.2 Å². The number of carbonyl (C=O) groups excluding carboxylic acids is 1. The molecule has 48 heavy (non-hydrogen) atoms. The molecule has 0 aliphatic rings. The fraction of sp³-hybridized carbons (Fsp3) is 0.368. The lowest BCUT2D eigenvalue weighted by Crippen LogP contribution is -2.42. The zero-order valence-corrected chi connectivity index (χ0v) is 27.9. The molecule has 3 aromatic carbocycles. The number of ether oxygens (including phenoxy) is 1. The van der Waals surface area contributed by atoms with E-state index in [0.717, 1.165) is 28.1 Å². The number of amides is 1. The van der Waals surface area contributed by atoms with Gasteiger partial charge in [-0.05, 0) is 92.4 Å². The van der Waals surface area contributed by atoms with Gasteiger partial charge in [-0.1, -0.05) is 42.5 Å². The van der Waals surface area contributed by atoms with Crippen LogP contribution in [-0.4, -0.2) is 62.7 Å². The lowest BCUT2D eigenvalue weighted by atomic mass is 10.1. The van der Waals surface area contributed by atoms with Crippen LogP contribution in [0.5, 0.6) is 0 Å². The Bertz CT molecular complexity index is 1570. The van der Waals surface area contributed by atoms with Crippen LogP contribution < -0.4 is 0 Å². The van der Waals surface area contributed by atoms with E-state index in [9.17, 15) is 23.1 Å². The third-order valence-corrected chi connectivity index (χ3v) is 7.45. The quantitative estimate of drug-likeness (QED) is 0.136. The number of benzene rings is 3. The van der Waals surface area contributed by atoms with Gasteiger partial charge in [0.05, 0.1) is 11.4 Å². The van der Waals surface area contributed by atoms with Crippen LogP contribution in [0.2, 0.25) is 0 Å². The predicted octanol–water partition coefficient (Wildman–Crippen LogP) is 7.32. The van der Waals surface area contributed by atoms with E-state index in [1.54, 1.807) is 43.9 Å². The molecule has 0 bridgehead atoms. The van der Waals surface area contributed by atoms with Gasteiger partial charge in [0.15, 0.2) is 0 Å². The molecule has 4 aromatic rings. The Hall–Kier alpha value is -4.25. The van der Waals surface area contributed by atoms with Crippen LogP contribution in [0.25, 0.3) is 0 Å². The summed E-state index contributed by atoms with van der Waals surface area (Å²) in [4.78, 5) is 23.7. The molecular weight excluding hydrogens is 617 g/mol. The van der Waals surface area contributed by atoms with E-state index in [0.29, 0.717) is 58.8 Å². The van der Waals surface area contributed by atoms with Crippen molar-refractivity contribution >= 4 is 6.09 Å². The highest BCUT2D eigenvalue weighted by molar-refractivity contribution is 5.68. The smallest absolute Gasteiger partial charge is 0.410 e. The molecule has 0 saturated heterocycles. The Balaban J connectivity index is 1.54. The van der Waals surface area contributed by atoms with Crippen molar-refractivity contribution in [3.8, 4) is 0 Å². The lowest BCUT2D eigenvalue weighted by molar-refractivity contribution is 0.0219. The lowest BCUT2D eigenvalue weighted by Gasteiger charge is -2.30. The van der Waals surface area contributed by atoms with Gasteiger partial charge >= 0.3 is 6.09 Å². The normalized spacial score (nSPS) is 11.7. The molecule has 0 atom stereocenters. The summed E-state index contributed by atoms with van der Waals surface area (Å²) in [6, 6.07) is 25.0. The minimum absolute atomic E-state index is 0.0571. The van der Waals surface area contributed by atoms with Crippen LogP contribution >= 0.6 is 0 Å². The minimum atomic E-state index is -0.669. The minimum Gasteiger partial charge on any atom is -0.444 e. The molecule has 256 valence electrons. The number of rotatable bonds is 16. The summed E-state index contributed by atoms with van der Waals surface area (Å²) in [5, 5.41) is 9.43. The maximum Gasteiger partial charge on any atom is 0.410 e. The van der Waals surface area contributed by atoms with Crippen molar-refractivity contribution in [1.82, 2.24) is 19.7 Å². The molecule has 4 rings (SSSR count). The first-order valence-corrected chi connectivity index (χ1v) is 16.2. The number of aliphatic hydroxyl groups excluding tert-OH is 1. The summed E-state index contributed by atoms with van der Waals surface area (Å²) in [5.74, 6) is -0.973. The standard InChI is InChI=1S/C38H45F3N4O3/c1-38(2,3)48-37(47)45(17-8-20-46)19-18-43(24-29-9-4-12-32(39)21-29)27-35-15-7-16-36(42-35)28-44(25-30-10-5-13-33(40)22-30)26-31-11-6-14-34(41)23-31/h4-7,9-16,21-23,46H,8,17-20,24-28H2,1-3H3. The van der Waals surface area contributed by atoms with Crippen LogP contribution in [0, 0.1) is 17.5 Å². The molecule has 0 saturated carbocycles. The second-order valence-electron chi connectivity index (χ2n) is 12.9. The van der Waals surface area contributed by atoms with Gasteiger partial charge in [-0.25, -0.2) is 18.0 Å². The number of nitrogens with zero attached hydrogens (tertiary/aromatic N) is 4. The van der Waals surface area contributed by atoms with Crippen molar-refractivity contribution in [2.45, 2.75) is 65.5 Å². The van der Waals surface area contributed by atoms with Gasteiger partial charge in [-0.2, -0.15) is 0 Å². The first-order valence-electron chi connectivity index (χ1n) is 16.2. The fourth-order valence-electron chi connectivity index (χ4n) is 5.37. The van der Waals surface area contributed by atoms with E-state index in [4.69, 9.17) is 9.72 Å². The van der Waals surface area contributed by atoms with Crippen molar-refractivity contribution in [1.29, 1.82) is 0 Å². The Kier molecular flexibility index (Phi) is 13.5. The number of halogens is 3. The molecular formula is C38H45F3N4O3. The van der Waals surface area contributed by atoms with Gasteiger partial charge in [-0.15, -0.1) is 0 Å². The number of hydrogen-bond acceptors (Lipinski definition) is 6. The van der Waals surface area contributed by atoms with Crippen LogP contribution in [0.1, 0.15) is 55.3 Å². The van der Waals surface area contributed by atoms with E-state index >= 15 is 0 Å². The first-order chi connectivity index (χ1) is 23.0. The Morgan fingerprint density at radius 3 is 1.58 bits per heavy atom. The van der Waals surface area contributed by atoms with Gasteiger partial charge in [0.2, 0.25) is 0 Å². The Labute approximate surface area is 281 Å². The molecule has 7 nitrogen and oxygen atoms in total. The van der Waals surface area contributed by atoms with Crippen molar-refractivity contribution in [3.63, 3.8) is 0 Å². The van der Waals surface area contributed by atoms with Crippen LogP contribution in [-0.2, 0) is 37.5 Å². The number of pyridine rings is 1. The fourth-order valence-corrected chi connectivity index (χ4v) is 5.37. The molecule has 1 heterocycles. The number of hydrogen-bond donors (Lipinski definition) is 1. The maximum absolute atomic E-state index is 14.1. The average molecular weight is 663 g/mol. The molecule has 10 heteroatoms. The highest BCUT2D eigenvalue weighted by Gasteiger charge is 2.23. The summed E-state index contributed by atoms with van der Waals surface area (Å²) < 4.78 is 47.8. The van der Waals surface area contributed by atoms with E-state index in [1.807, 2.05) is 36.4 Å². The number of carbonyl (C=O) groups is 1. The molecule has 1 amide bonds. The molecule has 0 aliphatic heterocycles. The molecule has 0 fully saturated rings. The molecule has 0 aliphatic carbocycles. The van der Waals surface area contributed by atoms with Gasteiger partial charge in [0.1, 0.15) is 23.1 Å². The van der Waals surface area contributed by atoms with Gasteiger partial charge in [0, 0.05) is 59.0 Å². The van der Waals surface area contributed by atoms with Gasteiger partial charge < -0.3 is 14.7 Å². The predicted molar refractivity (Wildman–Crippen MR) is 180 cm³/mol. The summed E-state index contributed by atoms with van der Waals surface area (Å²) in [6.07, 6.45) is -0.0486. The summed E-state index contributed by atoms with van der Waals surface area (Å²) in [5.41, 5.74) is 3.25. The zero-order valence-electron chi connectivity index (χ0n) is 27.9. The number of aromatic nitrogens is 1. The largest absolute Gasteiger partial charge is 0.444 e. The molecule has 1 N–H and O–H groups in total. The topological polar surface area (TPSA) is 69.1 Å². The SMILES string of the molecule is CC(C)(C)OC(=O)N(CCCO)CCN(Cc1cccc(F)c1)Cc1cccc(CN(Cc2cccc(F)c2)Cc2cccc(F)c2)n1. The summed E-state index contributed by atoms with van der Waals surface area (Å²) >= 11 is 0. The summed E-state index contributed by atoms with van der Waals surface area (Å²) in [7, 11) is 0. The molecule has 0 spiro atoms. The van der Waals surface area contributed by atoms with Crippen LogP contribution in [0.15, 0.2) is 91.0 Å². The van der Waals surface area contributed by atoms with E-state index in [-0.39, 0.29) is 24.1 Å². The van der Waals surface area contributed by atoms with Crippen molar-refractivity contribution in [3.05, 3.63) is 137 Å². The first kappa shape index (κ1) is 36.6. The van der Waals surface area contributed by atoms with E-state index < -0.39 is 11.7 Å². The van der Waals surface area contributed by atoms with E-state index in [2.05, 4.69) is 9.80 Å². The van der Waals surface area contributed by atoms with Crippen LogP contribution in [0.3, 0.4) is 0 Å². The Morgan fingerprint density at radius 2 is 1.12 bits per heavy atom. The van der Waals surface area contributed by atoms with Gasteiger partial charge in [0.25, 0.3) is 0 Å². The Morgan fingerprint density at radius 1 is 0.667 bits per heavy atom. The highest BCUT2D eigenvalue weighted by atomic mass is 19.1. The van der Waals surface area contributed by atoms with Crippen LogP contribution in [0.4, 0.5) is 18.0 Å².